The molecule has 0 spiro atoms. The molecule has 2 amide bonds. The van der Waals surface area contributed by atoms with Crippen molar-refractivity contribution in [3.63, 3.8) is 0 Å². The Morgan fingerprint density at radius 3 is 2.71 bits per heavy atom. The van der Waals surface area contributed by atoms with Crippen LogP contribution in [0.15, 0.2) is 36.4 Å². The standard InChI is InChI=1S/C18H19ClN4O/c1-11-6-5-7-15(19)17(11)20-18(24)22(3)13-8-9-14-12(2)23(4)21-16(14)10-13/h5-10H,1-4H3,(H,20,24). The number of rotatable bonds is 2. The van der Waals surface area contributed by atoms with Gasteiger partial charge in [-0.25, -0.2) is 4.79 Å². The number of benzene rings is 2. The fourth-order valence-electron chi connectivity index (χ4n) is 2.63. The number of halogens is 1. The highest BCUT2D eigenvalue weighted by molar-refractivity contribution is 6.34. The molecular weight excluding hydrogens is 324 g/mol. The van der Waals surface area contributed by atoms with Crippen molar-refractivity contribution in [3.8, 4) is 0 Å². The number of aryl methyl sites for hydroxylation is 3. The molecule has 6 heteroatoms. The van der Waals surface area contributed by atoms with Crippen molar-refractivity contribution in [2.24, 2.45) is 7.05 Å². The molecule has 124 valence electrons. The molecule has 2 aromatic carbocycles. The molecule has 1 N–H and O–H groups in total. The van der Waals surface area contributed by atoms with E-state index >= 15 is 0 Å². The Morgan fingerprint density at radius 1 is 1.25 bits per heavy atom. The molecule has 0 fully saturated rings. The van der Waals surface area contributed by atoms with Gasteiger partial charge in [0.2, 0.25) is 0 Å². The SMILES string of the molecule is Cc1cccc(Cl)c1NC(=O)N(C)c1ccc2c(C)n(C)nc2c1. The van der Waals surface area contributed by atoms with E-state index in [4.69, 9.17) is 11.6 Å². The maximum absolute atomic E-state index is 12.6. The van der Waals surface area contributed by atoms with E-state index in [-0.39, 0.29) is 6.03 Å². The number of nitrogens with zero attached hydrogens (tertiary/aromatic N) is 3. The van der Waals surface area contributed by atoms with Gasteiger partial charge >= 0.3 is 6.03 Å². The predicted molar refractivity (Wildman–Crippen MR) is 99.1 cm³/mol. The Bertz CT molecular complexity index is 912. The monoisotopic (exact) mass is 342 g/mol. The predicted octanol–water partition coefficient (Wildman–Crippen LogP) is 4.51. The van der Waals surface area contributed by atoms with E-state index in [9.17, 15) is 4.79 Å². The third kappa shape index (κ3) is 2.83. The Hall–Kier alpha value is -2.53. The number of carbonyl (C=O) groups is 1. The highest BCUT2D eigenvalue weighted by atomic mass is 35.5. The first-order valence-electron chi connectivity index (χ1n) is 7.61. The summed E-state index contributed by atoms with van der Waals surface area (Å²) in [6, 6.07) is 11.1. The second-order valence-electron chi connectivity index (χ2n) is 5.83. The summed E-state index contributed by atoms with van der Waals surface area (Å²) < 4.78 is 1.83. The molecule has 24 heavy (non-hydrogen) atoms. The minimum Gasteiger partial charge on any atom is -0.306 e. The quantitative estimate of drug-likeness (QED) is 0.744. The third-order valence-electron chi connectivity index (χ3n) is 4.26. The molecule has 0 atom stereocenters. The van der Waals surface area contributed by atoms with Gasteiger partial charge < -0.3 is 5.32 Å². The molecule has 1 heterocycles. The first-order valence-corrected chi connectivity index (χ1v) is 7.99. The highest BCUT2D eigenvalue weighted by Crippen LogP contribution is 2.27. The number of hydrogen-bond donors (Lipinski definition) is 1. The van der Waals surface area contributed by atoms with E-state index in [1.54, 1.807) is 18.0 Å². The first kappa shape index (κ1) is 16.3. The minimum absolute atomic E-state index is 0.252. The van der Waals surface area contributed by atoms with E-state index < -0.39 is 0 Å². The number of hydrogen-bond acceptors (Lipinski definition) is 2. The summed E-state index contributed by atoms with van der Waals surface area (Å²) in [5, 5.41) is 8.94. The number of anilines is 2. The number of amides is 2. The molecule has 1 aromatic heterocycles. The van der Waals surface area contributed by atoms with E-state index in [0.29, 0.717) is 10.7 Å². The minimum atomic E-state index is -0.252. The van der Waals surface area contributed by atoms with E-state index in [2.05, 4.69) is 10.4 Å². The van der Waals surface area contributed by atoms with Crippen LogP contribution in [0.2, 0.25) is 5.02 Å². The molecule has 0 saturated heterocycles. The molecular formula is C18H19ClN4O. The molecule has 5 nitrogen and oxygen atoms in total. The van der Waals surface area contributed by atoms with E-state index in [0.717, 1.165) is 27.8 Å². The van der Waals surface area contributed by atoms with Gasteiger partial charge in [0, 0.05) is 30.9 Å². The fourth-order valence-corrected chi connectivity index (χ4v) is 2.90. The molecule has 0 bridgehead atoms. The molecule has 0 aliphatic carbocycles. The number of fused-ring (bicyclic) bond motifs is 1. The Labute approximate surface area is 145 Å². The molecule has 0 aliphatic rings. The maximum Gasteiger partial charge on any atom is 0.326 e. The van der Waals surface area contributed by atoms with Crippen LogP contribution in [0.1, 0.15) is 11.3 Å². The summed E-state index contributed by atoms with van der Waals surface area (Å²) in [5.41, 5.74) is 4.27. The zero-order chi connectivity index (χ0) is 17.4. The zero-order valence-electron chi connectivity index (χ0n) is 14.1. The summed E-state index contributed by atoms with van der Waals surface area (Å²) in [6.45, 7) is 3.93. The van der Waals surface area contributed by atoms with Crippen molar-refractivity contribution < 1.29 is 4.79 Å². The van der Waals surface area contributed by atoms with Crippen LogP contribution in [-0.4, -0.2) is 22.9 Å². The van der Waals surface area contributed by atoms with Crippen LogP contribution >= 0.6 is 11.6 Å². The lowest BCUT2D eigenvalue weighted by atomic mass is 10.2. The van der Waals surface area contributed by atoms with Crippen LogP contribution in [0, 0.1) is 13.8 Å². The molecule has 3 rings (SSSR count). The molecule has 0 aliphatic heterocycles. The molecule has 0 saturated carbocycles. The van der Waals surface area contributed by atoms with Gasteiger partial charge in [0.05, 0.1) is 16.2 Å². The van der Waals surface area contributed by atoms with Crippen molar-refractivity contribution in [1.82, 2.24) is 9.78 Å². The summed E-state index contributed by atoms with van der Waals surface area (Å²) in [4.78, 5) is 14.1. The van der Waals surface area contributed by atoms with Crippen LogP contribution in [0.5, 0.6) is 0 Å². The number of aromatic nitrogens is 2. The van der Waals surface area contributed by atoms with Gasteiger partial charge in [-0.05, 0) is 43.7 Å². The maximum atomic E-state index is 12.6. The number of para-hydroxylation sites is 1. The number of urea groups is 1. The highest BCUT2D eigenvalue weighted by Gasteiger charge is 2.15. The average molecular weight is 343 g/mol. The summed E-state index contributed by atoms with van der Waals surface area (Å²) >= 11 is 6.18. The van der Waals surface area contributed by atoms with Crippen molar-refractivity contribution in [2.75, 3.05) is 17.3 Å². The van der Waals surface area contributed by atoms with Gasteiger partial charge in [-0.15, -0.1) is 0 Å². The van der Waals surface area contributed by atoms with Crippen molar-refractivity contribution in [3.05, 3.63) is 52.7 Å². The normalized spacial score (nSPS) is 10.9. The van der Waals surface area contributed by atoms with Crippen LogP contribution in [0.25, 0.3) is 10.9 Å². The lowest BCUT2D eigenvalue weighted by Gasteiger charge is -2.19. The Kier molecular flexibility index (Phi) is 4.20. The second kappa shape index (κ2) is 6.17. The zero-order valence-corrected chi connectivity index (χ0v) is 14.8. The first-order chi connectivity index (χ1) is 11.4. The largest absolute Gasteiger partial charge is 0.326 e. The van der Waals surface area contributed by atoms with Crippen LogP contribution in [0.4, 0.5) is 16.2 Å². The van der Waals surface area contributed by atoms with Gasteiger partial charge in [-0.3, -0.25) is 9.58 Å². The lowest BCUT2D eigenvalue weighted by Crippen LogP contribution is -2.31. The third-order valence-corrected chi connectivity index (χ3v) is 4.58. The summed E-state index contributed by atoms with van der Waals surface area (Å²) in [5.74, 6) is 0. The molecule has 0 radical (unpaired) electrons. The lowest BCUT2D eigenvalue weighted by molar-refractivity contribution is 0.258. The van der Waals surface area contributed by atoms with Crippen LogP contribution < -0.4 is 10.2 Å². The smallest absolute Gasteiger partial charge is 0.306 e. The average Bonchev–Trinajstić information content (AvgIpc) is 2.84. The van der Waals surface area contributed by atoms with Crippen molar-refractivity contribution >= 4 is 39.9 Å². The summed E-state index contributed by atoms with van der Waals surface area (Å²) in [6.07, 6.45) is 0. The van der Waals surface area contributed by atoms with Crippen LogP contribution in [0.3, 0.4) is 0 Å². The second-order valence-corrected chi connectivity index (χ2v) is 6.24. The van der Waals surface area contributed by atoms with Crippen molar-refractivity contribution in [2.45, 2.75) is 13.8 Å². The Balaban J connectivity index is 1.88. The summed E-state index contributed by atoms with van der Waals surface area (Å²) in [7, 11) is 3.63. The van der Waals surface area contributed by atoms with Gasteiger partial charge in [-0.2, -0.15) is 5.10 Å². The van der Waals surface area contributed by atoms with E-state index in [1.165, 1.54) is 0 Å². The van der Waals surface area contributed by atoms with E-state index in [1.807, 2.05) is 55.9 Å². The Morgan fingerprint density at radius 2 is 2.00 bits per heavy atom. The van der Waals surface area contributed by atoms with Crippen molar-refractivity contribution in [1.29, 1.82) is 0 Å². The van der Waals surface area contributed by atoms with Gasteiger partial charge in [0.1, 0.15) is 0 Å². The van der Waals surface area contributed by atoms with Gasteiger partial charge in [-0.1, -0.05) is 23.7 Å². The molecule has 3 aromatic rings. The van der Waals surface area contributed by atoms with Gasteiger partial charge in [0.25, 0.3) is 0 Å². The number of carbonyl (C=O) groups excluding carboxylic acids is 1. The molecule has 0 unspecified atom stereocenters. The van der Waals surface area contributed by atoms with Crippen LogP contribution in [-0.2, 0) is 7.05 Å². The topological polar surface area (TPSA) is 50.2 Å². The fraction of sp³-hybridized carbons (Fsp3) is 0.222. The number of nitrogens with one attached hydrogen (secondary N) is 1. The van der Waals surface area contributed by atoms with Gasteiger partial charge in [0.15, 0.2) is 0 Å².